The Morgan fingerprint density at radius 3 is 3.18 bits per heavy atom. The highest BCUT2D eigenvalue weighted by Crippen LogP contribution is 2.20. The molecule has 1 saturated heterocycles. The summed E-state index contributed by atoms with van der Waals surface area (Å²) < 4.78 is 0. The van der Waals surface area contributed by atoms with E-state index in [1.54, 1.807) is 0 Å². The minimum atomic E-state index is 0.0401. The Labute approximate surface area is 101 Å². The average molecular weight is 233 g/mol. The zero-order chi connectivity index (χ0) is 11.8. The minimum absolute atomic E-state index is 0.0401. The second kappa shape index (κ2) is 4.18. The standard InChI is InChI=1S/C13H19N3O/c1-9-3-2-4-16(7-9)8-11-5-10-6-14-13(17)12(10)15-11/h5,9,15H,2-4,6-8H2,1H3,(H,14,17)/t9-/m0/s1. The summed E-state index contributed by atoms with van der Waals surface area (Å²) in [5, 5.41) is 2.82. The lowest BCUT2D eigenvalue weighted by Gasteiger charge is -2.30. The van der Waals surface area contributed by atoms with Crippen molar-refractivity contribution in [2.45, 2.75) is 32.9 Å². The third-order valence-electron chi connectivity index (χ3n) is 3.76. The molecule has 4 heteroatoms. The van der Waals surface area contributed by atoms with Crippen LogP contribution in [-0.4, -0.2) is 28.9 Å². The smallest absolute Gasteiger partial charge is 0.268 e. The normalized spacial score (nSPS) is 24.8. The number of hydrogen-bond donors (Lipinski definition) is 2. The minimum Gasteiger partial charge on any atom is -0.353 e. The molecule has 17 heavy (non-hydrogen) atoms. The van der Waals surface area contributed by atoms with Crippen LogP contribution in [0.25, 0.3) is 0 Å². The molecule has 0 unspecified atom stereocenters. The molecule has 0 radical (unpaired) electrons. The Hall–Kier alpha value is -1.29. The maximum Gasteiger partial charge on any atom is 0.268 e. The maximum atomic E-state index is 11.5. The summed E-state index contributed by atoms with van der Waals surface area (Å²) >= 11 is 0. The van der Waals surface area contributed by atoms with Crippen molar-refractivity contribution in [3.63, 3.8) is 0 Å². The number of aromatic amines is 1. The second-order valence-corrected chi connectivity index (χ2v) is 5.36. The summed E-state index contributed by atoms with van der Waals surface area (Å²) in [4.78, 5) is 17.2. The van der Waals surface area contributed by atoms with Gasteiger partial charge in [0.15, 0.2) is 0 Å². The Morgan fingerprint density at radius 1 is 1.53 bits per heavy atom. The summed E-state index contributed by atoms with van der Waals surface area (Å²) in [6, 6.07) is 2.13. The van der Waals surface area contributed by atoms with Gasteiger partial charge in [-0.3, -0.25) is 9.69 Å². The van der Waals surface area contributed by atoms with Gasteiger partial charge >= 0.3 is 0 Å². The average Bonchev–Trinajstić information content (AvgIpc) is 2.82. The lowest BCUT2D eigenvalue weighted by Crippen LogP contribution is -2.33. The molecule has 1 atom stereocenters. The first-order chi connectivity index (χ1) is 8.22. The topological polar surface area (TPSA) is 48.1 Å². The van der Waals surface area contributed by atoms with E-state index in [1.165, 1.54) is 31.6 Å². The number of H-pyrrole nitrogens is 1. The highest BCUT2D eigenvalue weighted by atomic mass is 16.2. The maximum absolute atomic E-state index is 11.5. The van der Waals surface area contributed by atoms with Gasteiger partial charge in [0.05, 0.1) is 0 Å². The number of nitrogens with one attached hydrogen (secondary N) is 2. The highest BCUT2D eigenvalue weighted by molar-refractivity contribution is 5.96. The van der Waals surface area contributed by atoms with E-state index in [0.29, 0.717) is 6.54 Å². The molecule has 0 spiro atoms. The van der Waals surface area contributed by atoms with Crippen LogP contribution in [0.4, 0.5) is 0 Å². The predicted molar refractivity (Wildman–Crippen MR) is 65.6 cm³/mol. The second-order valence-electron chi connectivity index (χ2n) is 5.36. The van der Waals surface area contributed by atoms with E-state index in [4.69, 9.17) is 0 Å². The van der Waals surface area contributed by atoms with Crippen molar-refractivity contribution in [1.82, 2.24) is 15.2 Å². The molecular formula is C13H19N3O. The van der Waals surface area contributed by atoms with Crippen LogP contribution in [0.15, 0.2) is 6.07 Å². The Bertz CT molecular complexity index is 438. The third kappa shape index (κ3) is 2.09. The number of piperidine rings is 1. The predicted octanol–water partition coefficient (Wildman–Crippen LogP) is 1.49. The van der Waals surface area contributed by atoms with Crippen molar-refractivity contribution in [2.24, 2.45) is 5.92 Å². The van der Waals surface area contributed by atoms with Gasteiger partial charge in [-0.15, -0.1) is 0 Å². The van der Waals surface area contributed by atoms with Gasteiger partial charge in [0.1, 0.15) is 5.69 Å². The van der Waals surface area contributed by atoms with Crippen LogP contribution >= 0.6 is 0 Å². The fraction of sp³-hybridized carbons (Fsp3) is 0.615. The molecule has 1 amide bonds. The van der Waals surface area contributed by atoms with E-state index in [0.717, 1.165) is 23.7 Å². The number of amides is 1. The lowest BCUT2D eigenvalue weighted by molar-refractivity contribution is 0.0961. The van der Waals surface area contributed by atoms with Gasteiger partial charge in [0.2, 0.25) is 0 Å². The number of likely N-dealkylation sites (tertiary alicyclic amines) is 1. The van der Waals surface area contributed by atoms with Crippen LogP contribution in [0.5, 0.6) is 0 Å². The summed E-state index contributed by atoms with van der Waals surface area (Å²) in [5.74, 6) is 0.840. The van der Waals surface area contributed by atoms with Gasteiger partial charge < -0.3 is 10.3 Å². The zero-order valence-corrected chi connectivity index (χ0v) is 10.3. The fourth-order valence-electron chi connectivity index (χ4n) is 2.92. The van der Waals surface area contributed by atoms with Crippen molar-refractivity contribution in [3.05, 3.63) is 23.0 Å². The summed E-state index contributed by atoms with van der Waals surface area (Å²) in [5.41, 5.74) is 3.07. The van der Waals surface area contributed by atoms with Crippen LogP contribution in [0, 0.1) is 5.92 Å². The van der Waals surface area contributed by atoms with Crippen molar-refractivity contribution in [2.75, 3.05) is 13.1 Å². The van der Waals surface area contributed by atoms with Gasteiger partial charge in [0.25, 0.3) is 5.91 Å². The Kier molecular flexibility index (Phi) is 2.67. The number of fused-ring (bicyclic) bond motifs is 1. The van der Waals surface area contributed by atoms with Gasteiger partial charge in [0, 0.05) is 30.9 Å². The molecule has 0 saturated carbocycles. The molecular weight excluding hydrogens is 214 g/mol. The number of nitrogens with zero attached hydrogens (tertiary/aromatic N) is 1. The van der Waals surface area contributed by atoms with E-state index >= 15 is 0 Å². The van der Waals surface area contributed by atoms with Gasteiger partial charge in [-0.1, -0.05) is 6.92 Å². The number of rotatable bonds is 2. The molecule has 3 rings (SSSR count). The largest absolute Gasteiger partial charge is 0.353 e. The molecule has 0 aliphatic carbocycles. The van der Waals surface area contributed by atoms with Crippen LogP contribution in [-0.2, 0) is 13.1 Å². The van der Waals surface area contributed by atoms with Crippen molar-refractivity contribution in [3.8, 4) is 0 Å². The Morgan fingerprint density at radius 2 is 2.41 bits per heavy atom. The van der Waals surface area contributed by atoms with E-state index in [1.807, 2.05) is 0 Å². The quantitative estimate of drug-likeness (QED) is 0.813. The van der Waals surface area contributed by atoms with Crippen molar-refractivity contribution < 1.29 is 4.79 Å². The fourth-order valence-corrected chi connectivity index (χ4v) is 2.92. The number of carbonyl (C=O) groups excluding carboxylic acids is 1. The highest BCUT2D eigenvalue weighted by Gasteiger charge is 2.23. The molecule has 3 heterocycles. The Balaban J connectivity index is 1.69. The van der Waals surface area contributed by atoms with Crippen LogP contribution in [0.2, 0.25) is 0 Å². The van der Waals surface area contributed by atoms with E-state index in [2.05, 4.69) is 28.2 Å². The molecule has 4 nitrogen and oxygen atoms in total. The molecule has 0 bridgehead atoms. The van der Waals surface area contributed by atoms with Gasteiger partial charge in [-0.25, -0.2) is 0 Å². The van der Waals surface area contributed by atoms with Gasteiger partial charge in [-0.05, 0) is 31.4 Å². The third-order valence-corrected chi connectivity index (χ3v) is 3.76. The van der Waals surface area contributed by atoms with E-state index in [9.17, 15) is 4.79 Å². The molecule has 1 aromatic rings. The monoisotopic (exact) mass is 233 g/mol. The number of hydrogen-bond acceptors (Lipinski definition) is 2. The van der Waals surface area contributed by atoms with Crippen LogP contribution in [0.1, 0.15) is 41.5 Å². The SMILES string of the molecule is C[C@H]1CCCN(Cc2cc3c([nH]2)C(=O)NC3)C1. The summed E-state index contributed by atoms with van der Waals surface area (Å²) in [7, 11) is 0. The summed E-state index contributed by atoms with van der Waals surface area (Å²) in [6.07, 6.45) is 2.64. The molecule has 1 fully saturated rings. The number of carbonyl (C=O) groups is 1. The molecule has 0 aromatic carbocycles. The number of aromatic nitrogens is 1. The van der Waals surface area contributed by atoms with Crippen LogP contribution in [0.3, 0.4) is 0 Å². The molecule has 2 aliphatic heterocycles. The molecule has 1 aromatic heterocycles. The van der Waals surface area contributed by atoms with Crippen LogP contribution < -0.4 is 5.32 Å². The first kappa shape index (κ1) is 10.8. The zero-order valence-electron chi connectivity index (χ0n) is 10.3. The molecule has 2 aliphatic rings. The van der Waals surface area contributed by atoms with Gasteiger partial charge in [-0.2, -0.15) is 0 Å². The lowest BCUT2D eigenvalue weighted by atomic mass is 10.0. The van der Waals surface area contributed by atoms with E-state index < -0.39 is 0 Å². The first-order valence-corrected chi connectivity index (χ1v) is 6.43. The summed E-state index contributed by atoms with van der Waals surface area (Å²) in [6.45, 7) is 6.30. The van der Waals surface area contributed by atoms with Crippen molar-refractivity contribution >= 4 is 5.91 Å². The van der Waals surface area contributed by atoms with Crippen molar-refractivity contribution in [1.29, 1.82) is 0 Å². The molecule has 92 valence electrons. The van der Waals surface area contributed by atoms with E-state index in [-0.39, 0.29) is 5.91 Å². The first-order valence-electron chi connectivity index (χ1n) is 6.43. The molecule has 2 N–H and O–H groups in total.